The third kappa shape index (κ3) is 1.79. The number of hydrogen-bond donors (Lipinski definition) is 1. The predicted molar refractivity (Wildman–Crippen MR) is 57.6 cm³/mol. The van der Waals surface area contributed by atoms with Crippen molar-refractivity contribution in [2.24, 2.45) is 0 Å². The van der Waals surface area contributed by atoms with Crippen molar-refractivity contribution in [1.82, 2.24) is 9.55 Å². The van der Waals surface area contributed by atoms with Gasteiger partial charge < -0.3 is 4.98 Å². The minimum absolute atomic E-state index is 0.0515. The SMILES string of the molecule is O=[N+]([O-])c1cccc(-n2cc[nH]c2=S)c1. The lowest BCUT2D eigenvalue weighted by Crippen LogP contribution is -1.94. The van der Waals surface area contributed by atoms with Crippen molar-refractivity contribution in [3.63, 3.8) is 0 Å². The fraction of sp³-hybridized carbons (Fsp3) is 0. The maximum Gasteiger partial charge on any atom is 0.271 e. The molecule has 1 N–H and O–H groups in total. The maximum atomic E-state index is 10.6. The first kappa shape index (κ1) is 9.60. The van der Waals surface area contributed by atoms with Gasteiger partial charge in [-0.15, -0.1) is 0 Å². The zero-order valence-corrected chi connectivity index (χ0v) is 8.40. The van der Waals surface area contributed by atoms with Crippen molar-refractivity contribution < 1.29 is 4.92 Å². The number of aromatic amines is 1. The number of nitrogens with zero attached hydrogens (tertiary/aromatic N) is 2. The van der Waals surface area contributed by atoms with Crippen LogP contribution in [0.4, 0.5) is 5.69 Å². The Balaban J connectivity index is 2.55. The first-order valence-corrected chi connectivity index (χ1v) is 4.60. The lowest BCUT2D eigenvalue weighted by atomic mass is 10.3. The molecule has 0 fully saturated rings. The molecular weight excluding hydrogens is 214 g/mol. The highest BCUT2D eigenvalue weighted by molar-refractivity contribution is 7.71. The van der Waals surface area contributed by atoms with Gasteiger partial charge >= 0.3 is 0 Å². The van der Waals surface area contributed by atoms with E-state index in [1.807, 2.05) is 0 Å². The lowest BCUT2D eigenvalue weighted by molar-refractivity contribution is -0.384. The van der Waals surface area contributed by atoms with Gasteiger partial charge in [-0.25, -0.2) is 0 Å². The molecule has 0 atom stereocenters. The monoisotopic (exact) mass is 221 g/mol. The molecule has 0 aliphatic rings. The summed E-state index contributed by atoms with van der Waals surface area (Å²) in [6.07, 6.45) is 3.41. The normalized spacial score (nSPS) is 10.1. The smallest absolute Gasteiger partial charge is 0.271 e. The van der Waals surface area contributed by atoms with E-state index in [0.29, 0.717) is 10.5 Å². The van der Waals surface area contributed by atoms with Crippen LogP contribution in [0.25, 0.3) is 5.69 Å². The molecule has 0 bridgehead atoms. The molecule has 2 rings (SSSR count). The van der Waals surface area contributed by atoms with Crippen molar-refractivity contribution in [3.05, 3.63) is 51.5 Å². The molecule has 2 aromatic rings. The van der Waals surface area contributed by atoms with E-state index < -0.39 is 4.92 Å². The number of nitrogens with one attached hydrogen (secondary N) is 1. The number of H-pyrrole nitrogens is 1. The van der Waals surface area contributed by atoms with Crippen molar-refractivity contribution in [2.45, 2.75) is 0 Å². The first-order chi connectivity index (χ1) is 7.18. The summed E-state index contributed by atoms with van der Waals surface area (Å²) in [6.45, 7) is 0. The summed E-state index contributed by atoms with van der Waals surface area (Å²) >= 11 is 5.01. The highest BCUT2D eigenvalue weighted by Crippen LogP contribution is 2.16. The topological polar surface area (TPSA) is 63.9 Å². The van der Waals surface area contributed by atoms with Crippen molar-refractivity contribution in [2.75, 3.05) is 0 Å². The number of imidazole rings is 1. The van der Waals surface area contributed by atoms with Crippen LogP contribution in [0.3, 0.4) is 0 Å². The molecule has 76 valence electrons. The zero-order valence-electron chi connectivity index (χ0n) is 7.58. The van der Waals surface area contributed by atoms with E-state index in [1.54, 1.807) is 29.1 Å². The number of non-ortho nitro benzene ring substituents is 1. The standard InChI is InChI=1S/C9H7N3O2S/c13-12(14)8-3-1-2-7(6-8)11-5-4-10-9(11)15/h1-6H,(H,10,15). The average molecular weight is 221 g/mol. The van der Waals surface area contributed by atoms with Gasteiger partial charge in [0.15, 0.2) is 4.77 Å². The van der Waals surface area contributed by atoms with Gasteiger partial charge in [-0.1, -0.05) is 6.07 Å². The van der Waals surface area contributed by atoms with Gasteiger partial charge in [0.25, 0.3) is 5.69 Å². The number of benzene rings is 1. The van der Waals surface area contributed by atoms with Crippen molar-refractivity contribution in [1.29, 1.82) is 0 Å². The highest BCUT2D eigenvalue weighted by atomic mass is 32.1. The molecule has 1 aromatic heterocycles. The Hall–Kier alpha value is -1.95. The second kappa shape index (κ2) is 3.66. The Kier molecular flexibility index (Phi) is 2.34. The van der Waals surface area contributed by atoms with Crippen LogP contribution >= 0.6 is 12.2 Å². The van der Waals surface area contributed by atoms with Crippen LogP contribution in [-0.2, 0) is 0 Å². The summed E-state index contributed by atoms with van der Waals surface area (Å²) in [5.74, 6) is 0. The molecule has 0 spiro atoms. The van der Waals surface area contributed by atoms with Crippen LogP contribution < -0.4 is 0 Å². The van der Waals surface area contributed by atoms with E-state index in [1.165, 1.54) is 12.1 Å². The summed E-state index contributed by atoms with van der Waals surface area (Å²) in [6, 6.07) is 6.31. The average Bonchev–Trinajstić information content (AvgIpc) is 2.64. The van der Waals surface area contributed by atoms with Crippen LogP contribution in [0.5, 0.6) is 0 Å². The van der Waals surface area contributed by atoms with E-state index in [2.05, 4.69) is 4.98 Å². The molecule has 0 aliphatic carbocycles. The third-order valence-electron chi connectivity index (χ3n) is 1.97. The van der Waals surface area contributed by atoms with Gasteiger partial charge in [0.1, 0.15) is 0 Å². The fourth-order valence-electron chi connectivity index (χ4n) is 1.28. The summed E-state index contributed by atoms with van der Waals surface area (Å²) in [4.78, 5) is 13.0. The third-order valence-corrected chi connectivity index (χ3v) is 2.28. The molecular formula is C9H7N3O2S. The number of aromatic nitrogens is 2. The van der Waals surface area contributed by atoms with E-state index >= 15 is 0 Å². The second-order valence-electron chi connectivity index (χ2n) is 2.91. The highest BCUT2D eigenvalue weighted by Gasteiger charge is 2.06. The summed E-state index contributed by atoms with van der Waals surface area (Å²) < 4.78 is 2.18. The van der Waals surface area contributed by atoms with Crippen LogP contribution in [0, 0.1) is 14.9 Å². The minimum atomic E-state index is -0.431. The summed E-state index contributed by atoms with van der Waals surface area (Å²) in [5, 5.41) is 10.6. The van der Waals surface area contributed by atoms with E-state index in [-0.39, 0.29) is 5.69 Å². The van der Waals surface area contributed by atoms with Crippen LogP contribution in [-0.4, -0.2) is 14.5 Å². The van der Waals surface area contributed by atoms with Crippen molar-refractivity contribution >= 4 is 17.9 Å². The van der Waals surface area contributed by atoms with E-state index in [4.69, 9.17) is 12.2 Å². The molecule has 1 aromatic carbocycles. The lowest BCUT2D eigenvalue weighted by Gasteiger charge is -2.00. The first-order valence-electron chi connectivity index (χ1n) is 4.19. The van der Waals surface area contributed by atoms with Gasteiger partial charge in [-0.3, -0.25) is 14.7 Å². The maximum absolute atomic E-state index is 10.6. The molecule has 0 amide bonds. The molecule has 0 saturated heterocycles. The number of rotatable bonds is 2. The Bertz CT molecular complexity index is 558. The van der Waals surface area contributed by atoms with Crippen LogP contribution in [0.15, 0.2) is 36.7 Å². The largest absolute Gasteiger partial charge is 0.337 e. The van der Waals surface area contributed by atoms with Crippen LogP contribution in [0.1, 0.15) is 0 Å². The molecule has 6 heteroatoms. The Morgan fingerprint density at radius 3 is 2.87 bits per heavy atom. The van der Waals surface area contributed by atoms with Crippen LogP contribution in [0.2, 0.25) is 0 Å². The minimum Gasteiger partial charge on any atom is -0.337 e. The van der Waals surface area contributed by atoms with Gasteiger partial charge in [0.2, 0.25) is 0 Å². The second-order valence-corrected chi connectivity index (χ2v) is 3.30. The molecule has 0 saturated carbocycles. The Morgan fingerprint density at radius 2 is 2.27 bits per heavy atom. The molecule has 5 nitrogen and oxygen atoms in total. The Morgan fingerprint density at radius 1 is 1.47 bits per heavy atom. The van der Waals surface area contributed by atoms with Gasteiger partial charge in [-0.2, -0.15) is 0 Å². The Labute approximate surface area is 90.1 Å². The number of nitro groups is 1. The zero-order chi connectivity index (χ0) is 10.8. The quantitative estimate of drug-likeness (QED) is 0.481. The molecule has 0 radical (unpaired) electrons. The van der Waals surface area contributed by atoms with Gasteiger partial charge in [0, 0.05) is 24.5 Å². The molecule has 0 aliphatic heterocycles. The predicted octanol–water partition coefficient (Wildman–Crippen LogP) is 2.44. The summed E-state index contributed by atoms with van der Waals surface area (Å²) in [5.41, 5.74) is 0.728. The van der Waals surface area contributed by atoms with E-state index in [0.717, 1.165) is 0 Å². The number of hydrogen-bond acceptors (Lipinski definition) is 3. The molecule has 15 heavy (non-hydrogen) atoms. The van der Waals surface area contributed by atoms with Crippen molar-refractivity contribution in [3.8, 4) is 5.69 Å². The van der Waals surface area contributed by atoms with Gasteiger partial charge in [0.05, 0.1) is 10.6 Å². The van der Waals surface area contributed by atoms with E-state index in [9.17, 15) is 10.1 Å². The summed E-state index contributed by atoms with van der Waals surface area (Å²) in [7, 11) is 0. The molecule has 0 unspecified atom stereocenters. The van der Waals surface area contributed by atoms with Gasteiger partial charge in [-0.05, 0) is 18.3 Å². The fourth-order valence-corrected chi connectivity index (χ4v) is 1.51. The molecule has 1 heterocycles. The number of nitro benzene ring substituents is 1.